The van der Waals surface area contributed by atoms with Crippen molar-refractivity contribution < 1.29 is 10.2 Å². The molecule has 2 heteroatoms. The average Bonchev–Trinajstić information content (AvgIpc) is 2.27. The summed E-state index contributed by atoms with van der Waals surface area (Å²) in [5.74, 6) is 0. The van der Waals surface area contributed by atoms with Gasteiger partial charge in [-0.25, -0.2) is 0 Å². The molecule has 2 aromatic carbocycles. The molecule has 0 fully saturated rings. The van der Waals surface area contributed by atoms with Gasteiger partial charge in [-0.1, -0.05) is 42.5 Å². The third-order valence-corrected chi connectivity index (χ3v) is 2.60. The average molecular weight is 202 g/mol. The van der Waals surface area contributed by atoms with E-state index in [0.717, 1.165) is 16.3 Å². The van der Waals surface area contributed by atoms with Crippen molar-refractivity contribution in [2.75, 3.05) is 0 Å². The van der Waals surface area contributed by atoms with E-state index in [2.05, 4.69) is 0 Å². The van der Waals surface area contributed by atoms with Crippen LogP contribution in [-0.2, 0) is 0 Å². The summed E-state index contributed by atoms with van der Waals surface area (Å²) in [5, 5.41) is 21.3. The summed E-state index contributed by atoms with van der Waals surface area (Å²) in [7, 11) is 0. The van der Waals surface area contributed by atoms with Gasteiger partial charge in [-0.2, -0.15) is 0 Å². The maximum Gasteiger partial charge on any atom is 0.105 e. The molecule has 0 saturated heterocycles. The first-order valence-electron chi connectivity index (χ1n) is 5.04. The molecule has 2 nitrogen and oxygen atoms in total. The molecular formula is C13H14O2. The second-order valence-electron chi connectivity index (χ2n) is 3.75. The highest BCUT2D eigenvalue weighted by molar-refractivity contribution is 5.86. The fourth-order valence-corrected chi connectivity index (χ4v) is 1.77. The Hall–Kier alpha value is -1.38. The zero-order valence-electron chi connectivity index (χ0n) is 8.59. The number of aliphatic hydroxyl groups excluding tert-OH is 2. The quantitative estimate of drug-likeness (QED) is 0.784. The second-order valence-corrected chi connectivity index (χ2v) is 3.75. The zero-order valence-corrected chi connectivity index (χ0v) is 8.59. The van der Waals surface area contributed by atoms with Crippen LogP contribution in [0, 0.1) is 0 Å². The molecule has 0 unspecified atom stereocenters. The van der Waals surface area contributed by atoms with Crippen LogP contribution in [0.3, 0.4) is 0 Å². The molecule has 0 radical (unpaired) electrons. The van der Waals surface area contributed by atoms with E-state index >= 15 is 0 Å². The van der Waals surface area contributed by atoms with Crippen molar-refractivity contribution in [1.29, 1.82) is 0 Å². The minimum Gasteiger partial charge on any atom is -0.390 e. The molecule has 78 valence electrons. The van der Waals surface area contributed by atoms with Gasteiger partial charge in [0.2, 0.25) is 0 Å². The highest BCUT2D eigenvalue weighted by Gasteiger charge is 2.15. The number of aliphatic hydroxyl groups is 2. The number of fused-ring (bicyclic) bond motifs is 1. The Bertz CT molecular complexity index is 458. The van der Waals surface area contributed by atoms with Crippen molar-refractivity contribution in [1.82, 2.24) is 0 Å². The van der Waals surface area contributed by atoms with Crippen LogP contribution >= 0.6 is 0 Å². The van der Waals surface area contributed by atoms with Crippen LogP contribution in [0.4, 0.5) is 0 Å². The Labute approximate surface area is 88.8 Å². The minimum absolute atomic E-state index is 0.754. The van der Waals surface area contributed by atoms with Crippen LogP contribution in [0.2, 0.25) is 0 Å². The standard InChI is InChI=1S/C13H14O2/c1-9(14)13(15)12-8-4-6-10-5-2-3-7-11(10)12/h2-9,13-15H,1H3/t9-,13+/m0/s1. The smallest absolute Gasteiger partial charge is 0.105 e. The first-order chi connectivity index (χ1) is 7.20. The van der Waals surface area contributed by atoms with Gasteiger partial charge in [-0.3, -0.25) is 0 Å². The molecule has 0 aliphatic carbocycles. The minimum atomic E-state index is -0.823. The molecule has 0 spiro atoms. The predicted octanol–water partition coefficient (Wildman–Crippen LogP) is 2.25. The molecule has 0 aliphatic rings. The lowest BCUT2D eigenvalue weighted by atomic mass is 9.98. The largest absolute Gasteiger partial charge is 0.390 e. The molecule has 2 aromatic rings. The Balaban J connectivity index is 2.60. The maximum absolute atomic E-state index is 9.85. The molecular weight excluding hydrogens is 188 g/mol. The van der Waals surface area contributed by atoms with E-state index in [1.165, 1.54) is 0 Å². The number of rotatable bonds is 2. The van der Waals surface area contributed by atoms with Gasteiger partial charge in [-0.05, 0) is 23.3 Å². The van der Waals surface area contributed by atoms with Gasteiger partial charge in [0.05, 0.1) is 6.10 Å². The van der Waals surface area contributed by atoms with E-state index in [0.29, 0.717) is 0 Å². The first-order valence-corrected chi connectivity index (χ1v) is 5.04. The second kappa shape index (κ2) is 4.01. The summed E-state index contributed by atoms with van der Waals surface area (Å²) in [6, 6.07) is 13.6. The molecule has 0 bridgehead atoms. The van der Waals surface area contributed by atoms with Crippen LogP contribution in [0.5, 0.6) is 0 Å². The zero-order chi connectivity index (χ0) is 10.8. The Morgan fingerprint density at radius 2 is 1.60 bits per heavy atom. The van der Waals surface area contributed by atoms with E-state index in [4.69, 9.17) is 0 Å². The number of hydrogen-bond acceptors (Lipinski definition) is 2. The predicted molar refractivity (Wildman–Crippen MR) is 60.6 cm³/mol. The molecule has 2 rings (SSSR count). The summed E-state index contributed by atoms with van der Waals surface area (Å²) < 4.78 is 0. The Morgan fingerprint density at radius 3 is 2.33 bits per heavy atom. The summed E-state index contributed by atoms with van der Waals surface area (Å²) >= 11 is 0. The van der Waals surface area contributed by atoms with E-state index < -0.39 is 12.2 Å². The normalized spacial score (nSPS) is 15.1. The highest BCUT2D eigenvalue weighted by atomic mass is 16.3. The van der Waals surface area contributed by atoms with Gasteiger partial charge in [0.15, 0.2) is 0 Å². The van der Waals surface area contributed by atoms with Crippen LogP contribution in [-0.4, -0.2) is 16.3 Å². The van der Waals surface area contributed by atoms with Crippen molar-refractivity contribution in [3.05, 3.63) is 48.0 Å². The molecule has 0 aromatic heterocycles. The molecule has 0 aliphatic heterocycles. The van der Waals surface area contributed by atoms with Gasteiger partial charge in [0.1, 0.15) is 6.10 Å². The molecule has 15 heavy (non-hydrogen) atoms. The fourth-order valence-electron chi connectivity index (χ4n) is 1.77. The van der Waals surface area contributed by atoms with Crippen LogP contribution in [0.1, 0.15) is 18.6 Å². The summed E-state index contributed by atoms with van der Waals surface area (Å²) in [6.07, 6.45) is -1.58. The summed E-state index contributed by atoms with van der Waals surface area (Å²) in [5.41, 5.74) is 0.781. The van der Waals surface area contributed by atoms with Gasteiger partial charge >= 0.3 is 0 Å². The van der Waals surface area contributed by atoms with Crippen LogP contribution in [0.25, 0.3) is 10.8 Å². The molecule has 0 saturated carbocycles. The van der Waals surface area contributed by atoms with E-state index in [9.17, 15) is 10.2 Å². The third kappa shape index (κ3) is 1.87. The third-order valence-electron chi connectivity index (χ3n) is 2.60. The lowest BCUT2D eigenvalue weighted by Crippen LogP contribution is -2.13. The van der Waals surface area contributed by atoms with Gasteiger partial charge in [0.25, 0.3) is 0 Å². The van der Waals surface area contributed by atoms with Crippen molar-refractivity contribution in [3.63, 3.8) is 0 Å². The maximum atomic E-state index is 9.85. The monoisotopic (exact) mass is 202 g/mol. The Kier molecular flexibility index (Phi) is 2.71. The lowest BCUT2D eigenvalue weighted by molar-refractivity contribution is 0.0314. The fraction of sp³-hybridized carbons (Fsp3) is 0.231. The van der Waals surface area contributed by atoms with Crippen molar-refractivity contribution in [3.8, 4) is 0 Å². The highest BCUT2D eigenvalue weighted by Crippen LogP contribution is 2.25. The van der Waals surface area contributed by atoms with Crippen LogP contribution < -0.4 is 0 Å². The van der Waals surface area contributed by atoms with Crippen molar-refractivity contribution >= 4 is 10.8 Å². The van der Waals surface area contributed by atoms with Crippen molar-refractivity contribution in [2.45, 2.75) is 19.1 Å². The number of benzene rings is 2. The van der Waals surface area contributed by atoms with E-state index in [-0.39, 0.29) is 0 Å². The topological polar surface area (TPSA) is 40.5 Å². The summed E-state index contributed by atoms with van der Waals surface area (Å²) in [4.78, 5) is 0. The molecule has 0 heterocycles. The van der Waals surface area contributed by atoms with Gasteiger partial charge < -0.3 is 10.2 Å². The Morgan fingerprint density at radius 1 is 0.933 bits per heavy atom. The van der Waals surface area contributed by atoms with Crippen LogP contribution in [0.15, 0.2) is 42.5 Å². The number of hydrogen-bond donors (Lipinski definition) is 2. The molecule has 2 atom stereocenters. The summed E-state index contributed by atoms with van der Waals surface area (Å²) in [6.45, 7) is 1.59. The lowest BCUT2D eigenvalue weighted by Gasteiger charge is -2.16. The first kappa shape index (κ1) is 10.1. The van der Waals surface area contributed by atoms with E-state index in [1.807, 2.05) is 42.5 Å². The van der Waals surface area contributed by atoms with Gasteiger partial charge in [-0.15, -0.1) is 0 Å². The SMILES string of the molecule is C[C@H](O)[C@@H](O)c1cccc2ccccc12. The molecule has 0 amide bonds. The van der Waals surface area contributed by atoms with E-state index in [1.54, 1.807) is 6.92 Å². The van der Waals surface area contributed by atoms with Crippen molar-refractivity contribution in [2.24, 2.45) is 0 Å². The molecule has 2 N–H and O–H groups in total. The van der Waals surface area contributed by atoms with Gasteiger partial charge in [0, 0.05) is 0 Å².